The van der Waals surface area contributed by atoms with E-state index in [-0.39, 0.29) is 12.3 Å². The number of hydrogen-bond acceptors (Lipinski definition) is 5. The van der Waals surface area contributed by atoms with Crippen molar-refractivity contribution in [1.29, 1.82) is 0 Å². The summed E-state index contributed by atoms with van der Waals surface area (Å²) in [4.78, 5) is 11.1. The molecule has 88 valence electrons. The van der Waals surface area contributed by atoms with E-state index in [1.807, 2.05) is 17.5 Å². The van der Waals surface area contributed by atoms with E-state index in [0.29, 0.717) is 5.56 Å². The lowest BCUT2D eigenvalue weighted by Gasteiger charge is -2.03. The average molecular weight is 267 g/mol. The highest BCUT2D eigenvalue weighted by atomic mass is 32.2. The summed E-state index contributed by atoms with van der Waals surface area (Å²) >= 11 is 3.14. The van der Waals surface area contributed by atoms with Crippen molar-refractivity contribution in [2.24, 2.45) is 0 Å². The largest absolute Gasteiger partial charge is 0.391 e. The monoisotopic (exact) mass is 267 g/mol. The van der Waals surface area contributed by atoms with Gasteiger partial charge in [0, 0.05) is 11.0 Å². The van der Waals surface area contributed by atoms with Crippen LogP contribution in [0.5, 0.6) is 0 Å². The summed E-state index contributed by atoms with van der Waals surface area (Å²) in [6.45, 7) is -0.324. The smallest absolute Gasteiger partial charge is 0.274 e. The standard InChI is InChI=1S/C11H9NO3S2/c13-7-8-6-9(3-4-10(8)12(14)15)17-11-2-1-5-16-11/h1-6,13H,7H2. The van der Waals surface area contributed by atoms with Gasteiger partial charge in [0.2, 0.25) is 0 Å². The average Bonchev–Trinajstić information content (AvgIpc) is 2.81. The van der Waals surface area contributed by atoms with Crippen LogP contribution in [0.4, 0.5) is 5.69 Å². The van der Waals surface area contributed by atoms with Crippen molar-refractivity contribution >= 4 is 28.8 Å². The number of nitro benzene ring substituents is 1. The van der Waals surface area contributed by atoms with Crippen molar-refractivity contribution in [2.45, 2.75) is 15.7 Å². The maximum Gasteiger partial charge on any atom is 0.274 e. The molecule has 0 saturated heterocycles. The van der Waals surface area contributed by atoms with E-state index in [1.54, 1.807) is 23.5 Å². The van der Waals surface area contributed by atoms with Crippen LogP contribution in [-0.4, -0.2) is 10.0 Å². The van der Waals surface area contributed by atoms with Crippen molar-refractivity contribution in [3.8, 4) is 0 Å². The Kier molecular flexibility index (Phi) is 3.78. The number of rotatable bonds is 4. The fourth-order valence-corrected chi connectivity index (χ4v) is 3.18. The van der Waals surface area contributed by atoms with Gasteiger partial charge in [-0.1, -0.05) is 17.8 Å². The van der Waals surface area contributed by atoms with Crippen LogP contribution >= 0.6 is 23.1 Å². The molecule has 0 aliphatic rings. The second-order valence-corrected chi connectivity index (χ2v) is 5.56. The van der Waals surface area contributed by atoms with Gasteiger partial charge in [-0.05, 0) is 23.6 Å². The molecule has 2 rings (SSSR count). The van der Waals surface area contributed by atoms with Crippen LogP contribution in [0, 0.1) is 10.1 Å². The van der Waals surface area contributed by atoms with Crippen molar-refractivity contribution in [1.82, 2.24) is 0 Å². The quantitative estimate of drug-likeness (QED) is 0.682. The van der Waals surface area contributed by atoms with Gasteiger partial charge in [0.05, 0.1) is 21.3 Å². The predicted octanol–water partition coefficient (Wildman–Crippen LogP) is 3.30. The molecule has 0 aliphatic heterocycles. The summed E-state index contributed by atoms with van der Waals surface area (Å²) in [6, 6.07) is 8.71. The first-order chi connectivity index (χ1) is 8.20. The Balaban J connectivity index is 2.28. The van der Waals surface area contributed by atoms with Gasteiger partial charge in [-0.3, -0.25) is 10.1 Å². The Morgan fingerprint density at radius 1 is 1.41 bits per heavy atom. The number of aliphatic hydroxyl groups is 1. The normalized spacial score (nSPS) is 10.4. The molecule has 4 nitrogen and oxygen atoms in total. The third-order valence-electron chi connectivity index (χ3n) is 2.13. The first-order valence-electron chi connectivity index (χ1n) is 4.80. The molecule has 0 bridgehead atoms. The SMILES string of the molecule is O=[N+]([O-])c1ccc(Sc2cccs2)cc1CO. The minimum atomic E-state index is -0.481. The lowest BCUT2D eigenvalue weighted by atomic mass is 10.2. The Labute approximate surface area is 106 Å². The van der Waals surface area contributed by atoms with Crippen molar-refractivity contribution in [3.05, 3.63) is 51.4 Å². The van der Waals surface area contributed by atoms with E-state index >= 15 is 0 Å². The molecule has 6 heteroatoms. The van der Waals surface area contributed by atoms with Crippen molar-refractivity contribution in [3.63, 3.8) is 0 Å². The van der Waals surface area contributed by atoms with Crippen molar-refractivity contribution in [2.75, 3.05) is 0 Å². The third kappa shape index (κ3) is 2.85. The molecule has 17 heavy (non-hydrogen) atoms. The Hall–Kier alpha value is -1.37. The van der Waals surface area contributed by atoms with Gasteiger partial charge in [-0.2, -0.15) is 0 Å². The van der Waals surface area contributed by atoms with E-state index in [0.717, 1.165) is 9.10 Å². The fourth-order valence-electron chi connectivity index (χ4n) is 1.37. The molecular formula is C11H9NO3S2. The Bertz CT molecular complexity index is 526. The van der Waals surface area contributed by atoms with Crippen LogP contribution in [0.25, 0.3) is 0 Å². The Morgan fingerprint density at radius 2 is 2.24 bits per heavy atom. The highest BCUT2D eigenvalue weighted by Crippen LogP contribution is 2.33. The molecule has 0 unspecified atom stereocenters. The molecular weight excluding hydrogens is 258 g/mol. The maximum atomic E-state index is 10.7. The number of aliphatic hydroxyl groups excluding tert-OH is 1. The van der Waals surface area contributed by atoms with Crippen molar-refractivity contribution < 1.29 is 10.0 Å². The summed E-state index contributed by atoms with van der Waals surface area (Å²) in [5.74, 6) is 0. The van der Waals surface area contributed by atoms with E-state index in [1.165, 1.54) is 17.8 Å². The molecule has 0 atom stereocenters. The minimum Gasteiger partial charge on any atom is -0.391 e. The van der Waals surface area contributed by atoms with Gasteiger partial charge in [0.25, 0.3) is 5.69 Å². The molecule has 1 aromatic carbocycles. The molecule has 1 N–H and O–H groups in total. The second kappa shape index (κ2) is 5.31. The molecule has 0 radical (unpaired) electrons. The van der Waals surface area contributed by atoms with Crippen LogP contribution < -0.4 is 0 Å². The molecule has 0 amide bonds. The predicted molar refractivity (Wildman–Crippen MR) is 67.5 cm³/mol. The molecule has 0 spiro atoms. The zero-order valence-electron chi connectivity index (χ0n) is 8.70. The lowest BCUT2D eigenvalue weighted by Crippen LogP contribution is -1.95. The number of nitro groups is 1. The molecule has 1 heterocycles. The van der Waals surface area contributed by atoms with E-state index in [9.17, 15) is 10.1 Å². The zero-order valence-corrected chi connectivity index (χ0v) is 10.3. The number of hydrogen-bond donors (Lipinski definition) is 1. The second-order valence-electron chi connectivity index (χ2n) is 3.24. The zero-order chi connectivity index (χ0) is 12.3. The molecule has 2 aromatic rings. The summed E-state index contributed by atoms with van der Waals surface area (Å²) in [5, 5.41) is 21.8. The van der Waals surface area contributed by atoms with E-state index in [4.69, 9.17) is 5.11 Å². The van der Waals surface area contributed by atoms with E-state index < -0.39 is 4.92 Å². The third-order valence-corrected chi connectivity index (χ3v) is 4.16. The van der Waals surface area contributed by atoms with Gasteiger partial charge in [-0.25, -0.2) is 0 Å². The molecule has 1 aromatic heterocycles. The van der Waals surface area contributed by atoms with Gasteiger partial charge in [0.1, 0.15) is 0 Å². The first kappa shape index (κ1) is 12.1. The van der Waals surface area contributed by atoms with Crippen LogP contribution in [0.1, 0.15) is 5.56 Å². The highest BCUT2D eigenvalue weighted by molar-refractivity contribution is 8.01. The van der Waals surface area contributed by atoms with Gasteiger partial charge >= 0.3 is 0 Å². The lowest BCUT2D eigenvalue weighted by molar-refractivity contribution is -0.385. The molecule has 0 saturated carbocycles. The van der Waals surface area contributed by atoms with Gasteiger partial charge in [-0.15, -0.1) is 11.3 Å². The van der Waals surface area contributed by atoms with Gasteiger partial charge < -0.3 is 5.11 Å². The summed E-state index contributed by atoms with van der Waals surface area (Å²) < 4.78 is 1.11. The summed E-state index contributed by atoms with van der Waals surface area (Å²) in [7, 11) is 0. The fraction of sp³-hybridized carbons (Fsp3) is 0.0909. The maximum absolute atomic E-state index is 10.7. The van der Waals surface area contributed by atoms with Crippen LogP contribution in [-0.2, 0) is 6.61 Å². The Morgan fingerprint density at radius 3 is 2.82 bits per heavy atom. The summed E-state index contributed by atoms with van der Waals surface area (Å²) in [6.07, 6.45) is 0. The number of nitrogens with zero attached hydrogens (tertiary/aromatic N) is 1. The minimum absolute atomic E-state index is 0.0389. The topological polar surface area (TPSA) is 63.4 Å². The van der Waals surface area contributed by atoms with E-state index in [2.05, 4.69) is 0 Å². The van der Waals surface area contributed by atoms with Gasteiger partial charge in [0.15, 0.2) is 0 Å². The number of benzene rings is 1. The highest BCUT2D eigenvalue weighted by Gasteiger charge is 2.13. The van der Waals surface area contributed by atoms with Crippen LogP contribution in [0.3, 0.4) is 0 Å². The molecule has 0 aliphatic carbocycles. The number of thiophene rings is 1. The molecule has 0 fully saturated rings. The summed E-state index contributed by atoms with van der Waals surface area (Å²) in [5.41, 5.74) is 0.305. The van der Waals surface area contributed by atoms with Crippen LogP contribution in [0.2, 0.25) is 0 Å². The first-order valence-corrected chi connectivity index (χ1v) is 6.50. The van der Waals surface area contributed by atoms with Crippen LogP contribution in [0.15, 0.2) is 44.8 Å².